The topological polar surface area (TPSA) is 57.1 Å². The van der Waals surface area contributed by atoms with Gasteiger partial charge in [0.15, 0.2) is 17.2 Å². The minimum atomic E-state index is -0.480. The molecule has 1 aliphatic rings. The Balaban J connectivity index is 1.85. The van der Waals surface area contributed by atoms with E-state index in [4.69, 9.17) is 14.2 Å². The van der Waals surface area contributed by atoms with Crippen molar-refractivity contribution in [3.8, 4) is 11.5 Å². The number of nitrogens with zero attached hydrogens (tertiary/aromatic N) is 1. The van der Waals surface area contributed by atoms with Crippen molar-refractivity contribution in [2.45, 2.75) is 13.8 Å². The second-order valence-corrected chi connectivity index (χ2v) is 7.37. The molecule has 5 nitrogen and oxygen atoms in total. The van der Waals surface area contributed by atoms with Crippen LogP contribution in [0.2, 0.25) is 0 Å². The molecule has 0 N–H and O–H groups in total. The number of ether oxygens (including phenoxy) is 3. The van der Waals surface area contributed by atoms with Crippen molar-refractivity contribution in [1.29, 1.82) is 0 Å². The van der Waals surface area contributed by atoms with Crippen molar-refractivity contribution < 1.29 is 19.0 Å². The lowest BCUT2D eigenvalue weighted by molar-refractivity contribution is -0.129. The number of esters is 1. The number of cyclic esters (lactones) is 1. The summed E-state index contributed by atoms with van der Waals surface area (Å²) in [5, 5.41) is 0. The zero-order chi connectivity index (χ0) is 19.4. The Morgan fingerprint density at radius 3 is 2.56 bits per heavy atom. The predicted octanol–water partition coefficient (Wildman–Crippen LogP) is 4.84. The van der Waals surface area contributed by atoms with Gasteiger partial charge in [0.2, 0.25) is 5.90 Å². The van der Waals surface area contributed by atoms with E-state index in [2.05, 4.69) is 34.8 Å². The zero-order valence-electron chi connectivity index (χ0n) is 15.4. The third-order valence-electron chi connectivity index (χ3n) is 3.77. The van der Waals surface area contributed by atoms with Crippen molar-refractivity contribution in [3.63, 3.8) is 0 Å². The number of carbonyl (C=O) groups excluding carboxylic acids is 1. The second-order valence-electron chi connectivity index (χ2n) is 6.46. The van der Waals surface area contributed by atoms with Crippen LogP contribution in [0.3, 0.4) is 0 Å². The number of rotatable bonds is 6. The zero-order valence-corrected chi connectivity index (χ0v) is 16.9. The van der Waals surface area contributed by atoms with Crippen molar-refractivity contribution in [2.24, 2.45) is 10.9 Å². The molecule has 0 amide bonds. The maximum atomic E-state index is 12.2. The number of benzene rings is 2. The van der Waals surface area contributed by atoms with Gasteiger partial charge >= 0.3 is 5.97 Å². The maximum Gasteiger partial charge on any atom is 0.363 e. The summed E-state index contributed by atoms with van der Waals surface area (Å²) in [6.45, 7) is 4.76. The van der Waals surface area contributed by atoms with Crippen LogP contribution in [-0.2, 0) is 9.53 Å². The van der Waals surface area contributed by atoms with Crippen molar-refractivity contribution >= 4 is 33.9 Å². The fourth-order valence-corrected chi connectivity index (χ4v) is 2.70. The molecule has 3 rings (SSSR count). The fourth-order valence-electron chi connectivity index (χ4n) is 2.43. The summed E-state index contributed by atoms with van der Waals surface area (Å²) in [6.07, 6.45) is 1.67. The lowest BCUT2D eigenvalue weighted by Gasteiger charge is -2.12. The van der Waals surface area contributed by atoms with Crippen LogP contribution < -0.4 is 9.47 Å². The van der Waals surface area contributed by atoms with E-state index in [1.54, 1.807) is 13.2 Å². The minimum Gasteiger partial charge on any atom is -0.493 e. The van der Waals surface area contributed by atoms with Crippen LogP contribution in [0.1, 0.15) is 25.0 Å². The van der Waals surface area contributed by atoms with Gasteiger partial charge in [-0.25, -0.2) is 9.79 Å². The molecule has 0 aliphatic carbocycles. The summed E-state index contributed by atoms with van der Waals surface area (Å²) < 4.78 is 17.4. The molecule has 0 radical (unpaired) electrons. The SMILES string of the molecule is COc1cc(/C=C2\N=C(c3ccc(Br)cc3)OC2=O)ccc1OCC(C)C. The molecule has 0 spiro atoms. The van der Waals surface area contributed by atoms with E-state index >= 15 is 0 Å². The van der Waals surface area contributed by atoms with Gasteiger partial charge in [-0.05, 0) is 54.0 Å². The van der Waals surface area contributed by atoms with Gasteiger partial charge in [0, 0.05) is 10.0 Å². The van der Waals surface area contributed by atoms with E-state index in [1.165, 1.54) is 0 Å². The summed E-state index contributed by atoms with van der Waals surface area (Å²) in [7, 11) is 1.59. The first-order chi connectivity index (χ1) is 13.0. The standard InChI is InChI=1S/C21H20BrNO4/c1-13(2)12-26-18-9-4-14(11-19(18)25-3)10-17-21(24)27-20(23-17)15-5-7-16(22)8-6-15/h4-11,13H,12H2,1-3H3/b17-10-. The molecule has 27 heavy (non-hydrogen) atoms. The quantitative estimate of drug-likeness (QED) is 0.486. The average Bonchev–Trinajstić information content (AvgIpc) is 3.01. The number of carbonyl (C=O) groups is 1. The highest BCUT2D eigenvalue weighted by Crippen LogP contribution is 2.30. The Morgan fingerprint density at radius 1 is 1.15 bits per heavy atom. The van der Waals surface area contributed by atoms with Crippen molar-refractivity contribution in [3.05, 3.63) is 63.8 Å². The lowest BCUT2D eigenvalue weighted by atomic mass is 10.1. The number of hydrogen-bond acceptors (Lipinski definition) is 5. The van der Waals surface area contributed by atoms with Gasteiger partial charge in [-0.15, -0.1) is 0 Å². The van der Waals surface area contributed by atoms with Gasteiger partial charge in [0.05, 0.1) is 13.7 Å². The van der Waals surface area contributed by atoms with E-state index in [0.717, 1.165) is 15.6 Å². The molecule has 0 bridgehead atoms. The summed E-state index contributed by atoms with van der Waals surface area (Å²) in [6, 6.07) is 12.9. The maximum absolute atomic E-state index is 12.2. The van der Waals surface area contributed by atoms with E-state index in [-0.39, 0.29) is 5.70 Å². The van der Waals surface area contributed by atoms with Gasteiger partial charge in [0.1, 0.15) is 0 Å². The molecule has 0 atom stereocenters. The van der Waals surface area contributed by atoms with E-state index < -0.39 is 5.97 Å². The van der Waals surface area contributed by atoms with Gasteiger partial charge in [-0.3, -0.25) is 0 Å². The predicted molar refractivity (Wildman–Crippen MR) is 108 cm³/mol. The first-order valence-electron chi connectivity index (χ1n) is 8.55. The summed E-state index contributed by atoms with van der Waals surface area (Å²) >= 11 is 3.38. The number of halogens is 1. The van der Waals surface area contributed by atoms with E-state index in [1.807, 2.05) is 42.5 Å². The molecule has 0 fully saturated rings. The van der Waals surface area contributed by atoms with Crippen LogP contribution in [0.25, 0.3) is 6.08 Å². The Bertz CT molecular complexity index is 901. The monoisotopic (exact) mass is 429 g/mol. The Morgan fingerprint density at radius 2 is 1.89 bits per heavy atom. The molecule has 0 saturated carbocycles. The van der Waals surface area contributed by atoms with Crippen molar-refractivity contribution in [1.82, 2.24) is 0 Å². The smallest absolute Gasteiger partial charge is 0.363 e. The normalized spacial score (nSPS) is 15.1. The Labute approximate surface area is 166 Å². The highest BCUT2D eigenvalue weighted by molar-refractivity contribution is 9.10. The fraction of sp³-hybridized carbons (Fsp3) is 0.238. The van der Waals surface area contributed by atoms with Gasteiger partial charge in [-0.2, -0.15) is 0 Å². The Kier molecular flexibility index (Phi) is 5.96. The van der Waals surface area contributed by atoms with Gasteiger partial charge in [-0.1, -0.05) is 35.8 Å². The lowest BCUT2D eigenvalue weighted by Crippen LogP contribution is -2.05. The van der Waals surface area contributed by atoms with E-state index in [0.29, 0.717) is 29.9 Å². The molecule has 2 aromatic rings. The highest BCUT2D eigenvalue weighted by atomic mass is 79.9. The van der Waals surface area contributed by atoms with Crippen LogP contribution in [0.15, 0.2) is 57.6 Å². The van der Waals surface area contributed by atoms with Crippen LogP contribution in [0.4, 0.5) is 0 Å². The molecule has 2 aromatic carbocycles. The molecule has 1 aliphatic heterocycles. The van der Waals surface area contributed by atoms with Gasteiger partial charge < -0.3 is 14.2 Å². The average molecular weight is 430 g/mol. The van der Waals surface area contributed by atoms with Crippen molar-refractivity contribution in [2.75, 3.05) is 13.7 Å². The molecule has 0 saturated heterocycles. The third kappa shape index (κ3) is 4.77. The minimum absolute atomic E-state index is 0.242. The largest absolute Gasteiger partial charge is 0.493 e. The summed E-state index contributed by atoms with van der Waals surface area (Å²) in [5.74, 6) is 1.50. The molecule has 140 valence electrons. The molecular weight excluding hydrogens is 410 g/mol. The highest BCUT2D eigenvalue weighted by Gasteiger charge is 2.24. The second kappa shape index (κ2) is 8.39. The number of aliphatic imine (C=N–C) groups is 1. The first-order valence-corrected chi connectivity index (χ1v) is 9.35. The Hall–Kier alpha value is -2.60. The van der Waals surface area contributed by atoms with Crippen LogP contribution in [-0.4, -0.2) is 25.6 Å². The van der Waals surface area contributed by atoms with E-state index in [9.17, 15) is 4.79 Å². The van der Waals surface area contributed by atoms with Crippen LogP contribution in [0.5, 0.6) is 11.5 Å². The first kappa shape index (κ1) is 19.2. The molecule has 1 heterocycles. The summed E-state index contributed by atoms with van der Waals surface area (Å²) in [5.41, 5.74) is 1.76. The van der Waals surface area contributed by atoms with Gasteiger partial charge in [0.25, 0.3) is 0 Å². The van der Waals surface area contributed by atoms with Crippen LogP contribution >= 0.6 is 15.9 Å². The molecule has 0 unspecified atom stereocenters. The third-order valence-corrected chi connectivity index (χ3v) is 4.30. The number of methoxy groups -OCH3 is 1. The number of hydrogen-bond donors (Lipinski definition) is 0. The van der Waals surface area contributed by atoms with Crippen LogP contribution in [0, 0.1) is 5.92 Å². The molecular formula is C21H20BrNO4. The molecule has 6 heteroatoms. The molecule has 0 aromatic heterocycles. The summed E-state index contributed by atoms with van der Waals surface area (Å²) in [4.78, 5) is 16.5.